The van der Waals surface area contributed by atoms with E-state index in [2.05, 4.69) is 29.8 Å². The third-order valence-corrected chi connectivity index (χ3v) is 4.87. The van der Waals surface area contributed by atoms with Crippen molar-refractivity contribution < 1.29 is 4.39 Å². The van der Waals surface area contributed by atoms with Gasteiger partial charge >= 0.3 is 0 Å². The summed E-state index contributed by atoms with van der Waals surface area (Å²) in [5.41, 5.74) is 7.40. The SMILES string of the molecule is CC1(C)CCCC(N)(Cc2cc(Br)ccc2F)CC1. The van der Waals surface area contributed by atoms with Crippen molar-refractivity contribution in [3.05, 3.63) is 34.1 Å². The Morgan fingerprint density at radius 1 is 1.21 bits per heavy atom. The maximum absolute atomic E-state index is 13.9. The summed E-state index contributed by atoms with van der Waals surface area (Å²) in [7, 11) is 0. The van der Waals surface area contributed by atoms with Crippen molar-refractivity contribution in [1.29, 1.82) is 0 Å². The van der Waals surface area contributed by atoms with Gasteiger partial charge in [0.2, 0.25) is 0 Å². The van der Waals surface area contributed by atoms with E-state index in [0.29, 0.717) is 11.8 Å². The fourth-order valence-electron chi connectivity index (χ4n) is 2.99. The highest BCUT2D eigenvalue weighted by Crippen LogP contribution is 2.38. The fourth-order valence-corrected chi connectivity index (χ4v) is 3.40. The molecule has 0 aromatic heterocycles. The van der Waals surface area contributed by atoms with Crippen LogP contribution in [0.2, 0.25) is 0 Å². The summed E-state index contributed by atoms with van der Waals surface area (Å²) in [6.07, 6.45) is 6.08. The van der Waals surface area contributed by atoms with Crippen molar-refractivity contribution in [3.8, 4) is 0 Å². The molecule has 0 saturated heterocycles. The van der Waals surface area contributed by atoms with Gasteiger partial charge in [-0.25, -0.2) is 4.39 Å². The van der Waals surface area contributed by atoms with Gasteiger partial charge in [-0.3, -0.25) is 0 Å². The van der Waals surface area contributed by atoms with E-state index in [1.165, 1.54) is 12.5 Å². The topological polar surface area (TPSA) is 26.0 Å². The molecule has 1 aromatic rings. The largest absolute Gasteiger partial charge is 0.325 e. The highest BCUT2D eigenvalue weighted by molar-refractivity contribution is 9.10. The van der Waals surface area contributed by atoms with Crippen LogP contribution >= 0.6 is 15.9 Å². The summed E-state index contributed by atoms with van der Waals surface area (Å²) >= 11 is 3.40. The van der Waals surface area contributed by atoms with E-state index in [4.69, 9.17) is 5.73 Å². The second-order valence-corrected chi connectivity index (χ2v) is 7.71. The molecular weight excluding hydrogens is 305 g/mol. The minimum atomic E-state index is -0.255. The van der Waals surface area contributed by atoms with E-state index in [1.807, 2.05) is 6.07 Å². The molecule has 19 heavy (non-hydrogen) atoms. The molecule has 1 aliphatic rings. The van der Waals surface area contributed by atoms with Crippen molar-refractivity contribution in [2.75, 3.05) is 0 Å². The van der Waals surface area contributed by atoms with Crippen LogP contribution in [0.15, 0.2) is 22.7 Å². The minimum Gasteiger partial charge on any atom is -0.325 e. The van der Waals surface area contributed by atoms with E-state index >= 15 is 0 Å². The van der Waals surface area contributed by atoms with E-state index in [9.17, 15) is 4.39 Å². The molecule has 2 rings (SSSR count). The van der Waals surface area contributed by atoms with Crippen molar-refractivity contribution in [2.24, 2.45) is 11.1 Å². The number of hydrogen-bond acceptors (Lipinski definition) is 1. The van der Waals surface area contributed by atoms with Crippen LogP contribution in [0.1, 0.15) is 51.5 Å². The zero-order chi connectivity index (χ0) is 14.1. The zero-order valence-electron chi connectivity index (χ0n) is 11.8. The maximum atomic E-state index is 13.9. The van der Waals surface area contributed by atoms with Gasteiger partial charge < -0.3 is 5.73 Å². The molecule has 0 spiro atoms. The minimum absolute atomic E-state index is 0.142. The Labute approximate surface area is 123 Å². The van der Waals surface area contributed by atoms with Crippen molar-refractivity contribution in [1.82, 2.24) is 0 Å². The molecule has 0 bridgehead atoms. The standard InChI is InChI=1S/C16H23BrFN/c1-15(2)6-3-7-16(19,9-8-15)11-12-10-13(17)4-5-14(12)18/h4-5,10H,3,6-9,11,19H2,1-2H3. The Morgan fingerprint density at radius 2 is 1.95 bits per heavy atom. The second kappa shape index (κ2) is 5.53. The van der Waals surface area contributed by atoms with E-state index in [1.54, 1.807) is 6.07 Å². The molecule has 0 aliphatic heterocycles. The van der Waals surface area contributed by atoms with Gasteiger partial charge in [0.1, 0.15) is 5.82 Å². The molecule has 1 saturated carbocycles. The first-order valence-corrected chi connectivity index (χ1v) is 7.82. The van der Waals surface area contributed by atoms with Crippen LogP contribution < -0.4 is 5.73 Å². The van der Waals surface area contributed by atoms with E-state index < -0.39 is 0 Å². The highest BCUT2D eigenvalue weighted by atomic mass is 79.9. The molecule has 1 atom stereocenters. The third kappa shape index (κ3) is 4.03. The van der Waals surface area contributed by atoms with Crippen LogP contribution in [0.25, 0.3) is 0 Å². The lowest BCUT2D eigenvalue weighted by Crippen LogP contribution is -2.42. The summed E-state index contributed by atoms with van der Waals surface area (Å²) in [4.78, 5) is 0. The van der Waals surface area contributed by atoms with Gasteiger partial charge in [-0.15, -0.1) is 0 Å². The van der Waals surface area contributed by atoms with Crippen LogP contribution in [0.3, 0.4) is 0 Å². The van der Waals surface area contributed by atoms with E-state index in [-0.39, 0.29) is 11.4 Å². The monoisotopic (exact) mass is 327 g/mol. The Kier molecular flexibility index (Phi) is 4.36. The summed E-state index contributed by atoms with van der Waals surface area (Å²) < 4.78 is 14.8. The molecule has 0 heterocycles. The van der Waals surface area contributed by atoms with Gasteiger partial charge in [-0.1, -0.05) is 36.2 Å². The molecule has 1 aliphatic carbocycles. The molecule has 1 nitrogen and oxygen atoms in total. The van der Waals surface area contributed by atoms with Gasteiger partial charge in [0.15, 0.2) is 0 Å². The Morgan fingerprint density at radius 3 is 2.68 bits per heavy atom. The van der Waals surface area contributed by atoms with Crippen molar-refractivity contribution >= 4 is 15.9 Å². The van der Waals surface area contributed by atoms with Gasteiger partial charge in [0, 0.05) is 10.0 Å². The lowest BCUT2D eigenvalue weighted by atomic mass is 9.81. The van der Waals surface area contributed by atoms with Crippen LogP contribution in [0.5, 0.6) is 0 Å². The molecule has 0 radical (unpaired) electrons. The Bertz CT molecular complexity index is 458. The second-order valence-electron chi connectivity index (χ2n) is 6.79. The first-order valence-electron chi connectivity index (χ1n) is 7.03. The first-order chi connectivity index (χ1) is 8.80. The molecule has 0 amide bonds. The van der Waals surface area contributed by atoms with Crippen LogP contribution in [0.4, 0.5) is 4.39 Å². The lowest BCUT2D eigenvalue weighted by molar-refractivity contribution is 0.296. The third-order valence-electron chi connectivity index (χ3n) is 4.38. The average molecular weight is 328 g/mol. The Hall–Kier alpha value is -0.410. The fraction of sp³-hybridized carbons (Fsp3) is 0.625. The normalized spacial score (nSPS) is 27.0. The molecule has 1 unspecified atom stereocenters. The first kappa shape index (κ1) is 15.0. The predicted octanol–water partition coefficient (Wildman–Crippen LogP) is 4.82. The smallest absolute Gasteiger partial charge is 0.126 e. The predicted molar refractivity (Wildman–Crippen MR) is 81.6 cm³/mol. The van der Waals surface area contributed by atoms with Gasteiger partial charge in [0.25, 0.3) is 0 Å². The van der Waals surface area contributed by atoms with Crippen LogP contribution in [-0.2, 0) is 6.42 Å². The molecule has 3 heteroatoms. The van der Waals surface area contributed by atoms with Crippen molar-refractivity contribution in [3.63, 3.8) is 0 Å². The number of halogens is 2. The summed E-state index contributed by atoms with van der Waals surface area (Å²) in [6.45, 7) is 4.61. The van der Waals surface area contributed by atoms with Crippen molar-refractivity contribution in [2.45, 2.75) is 57.9 Å². The average Bonchev–Trinajstić information content (AvgIpc) is 2.44. The number of hydrogen-bond donors (Lipinski definition) is 1. The molecule has 1 fully saturated rings. The van der Waals surface area contributed by atoms with Gasteiger partial charge in [-0.05, 0) is 61.3 Å². The van der Waals surface area contributed by atoms with Gasteiger partial charge in [0.05, 0.1) is 0 Å². The summed E-state index contributed by atoms with van der Waals surface area (Å²) in [5.74, 6) is -0.142. The van der Waals surface area contributed by atoms with Crippen LogP contribution in [0, 0.1) is 11.2 Å². The number of rotatable bonds is 2. The zero-order valence-corrected chi connectivity index (χ0v) is 13.4. The Balaban J connectivity index is 2.14. The molecule has 1 aromatic carbocycles. The molecular formula is C16H23BrFN. The highest BCUT2D eigenvalue weighted by Gasteiger charge is 2.33. The molecule has 106 valence electrons. The number of nitrogens with two attached hydrogens (primary N) is 1. The quantitative estimate of drug-likeness (QED) is 0.774. The lowest BCUT2D eigenvalue weighted by Gasteiger charge is -2.29. The number of benzene rings is 1. The van der Waals surface area contributed by atoms with E-state index in [0.717, 1.165) is 35.7 Å². The summed E-state index contributed by atoms with van der Waals surface area (Å²) in [5, 5.41) is 0. The molecule has 2 N–H and O–H groups in total. The van der Waals surface area contributed by atoms with Crippen LogP contribution in [-0.4, -0.2) is 5.54 Å². The van der Waals surface area contributed by atoms with Gasteiger partial charge in [-0.2, -0.15) is 0 Å². The summed E-state index contributed by atoms with van der Waals surface area (Å²) in [6, 6.07) is 5.11. The maximum Gasteiger partial charge on any atom is 0.126 e.